The molecule has 162 valence electrons. The number of nitrogens with zero attached hydrogens (tertiary/aromatic N) is 3. The van der Waals surface area contributed by atoms with Crippen molar-refractivity contribution < 1.29 is 14.2 Å². The van der Waals surface area contributed by atoms with Crippen LogP contribution < -0.4 is 14.8 Å². The first-order valence-electron chi connectivity index (χ1n) is 10.6. The van der Waals surface area contributed by atoms with E-state index >= 15 is 0 Å². The van der Waals surface area contributed by atoms with Crippen molar-refractivity contribution in [2.45, 2.75) is 26.8 Å². The molecule has 0 saturated carbocycles. The number of hydrogen-bond acceptors (Lipinski definition) is 5. The number of pyridine rings is 1. The Bertz CT molecular complexity index is 804. The number of nitrogens with one attached hydrogen (secondary N) is 1. The second kappa shape index (κ2) is 11.4. The monoisotopic (exact) mass is 412 g/mol. The first-order chi connectivity index (χ1) is 14.7. The van der Waals surface area contributed by atoms with E-state index < -0.39 is 0 Å². The number of hydrogen-bond donors (Lipinski definition) is 1. The van der Waals surface area contributed by atoms with Gasteiger partial charge in [0, 0.05) is 44.9 Å². The molecule has 30 heavy (non-hydrogen) atoms. The lowest BCUT2D eigenvalue weighted by molar-refractivity contribution is 0.181. The molecular formula is C23H32N4O3. The molecule has 1 N–H and O–H groups in total. The van der Waals surface area contributed by atoms with Gasteiger partial charge in [0.15, 0.2) is 17.5 Å². The van der Waals surface area contributed by atoms with E-state index in [9.17, 15) is 0 Å². The summed E-state index contributed by atoms with van der Waals surface area (Å²) in [6.07, 6.45) is 2.91. The summed E-state index contributed by atoms with van der Waals surface area (Å²) in [4.78, 5) is 11.4. The third-order valence-corrected chi connectivity index (χ3v) is 4.83. The van der Waals surface area contributed by atoms with Gasteiger partial charge in [0.25, 0.3) is 0 Å². The van der Waals surface area contributed by atoms with E-state index in [1.807, 2.05) is 43.3 Å². The predicted octanol–water partition coefficient (Wildman–Crippen LogP) is 3.71. The molecule has 1 saturated heterocycles. The molecule has 0 aliphatic carbocycles. The minimum Gasteiger partial charge on any atom is -0.490 e. The normalized spacial score (nSPS) is 16.4. The third-order valence-electron chi connectivity index (χ3n) is 4.83. The van der Waals surface area contributed by atoms with Gasteiger partial charge in [-0.15, -0.1) is 0 Å². The zero-order valence-electron chi connectivity index (χ0n) is 18.1. The molecule has 7 nitrogen and oxygen atoms in total. The van der Waals surface area contributed by atoms with Gasteiger partial charge in [0.1, 0.15) is 0 Å². The topological polar surface area (TPSA) is 68.2 Å². The van der Waals surface area contributed by atoms with E-state index in [1.54, 1.807) is 6.20 Å². The van der Waals surface area contributed by atoms with Crippen molar-refractivity contribution in [2.24, 2.45) is 10.9 Å². The number of aromatic nitrogens is 1. The predicted molar refractivity (Wildman–Crippen MR) is 118 cm³/mol. The van der Waals surface area contributed by atoms with Crippen molar-refractivity contribution in [3.63, 3.8) is 0 Å². The molecule has 2 heterocycles. The highest BCUT2D eigenvalue weighted by molar-refractivity contribution is 5.79. The molecule has 3 rings (SSSR count). The second-order valence-corrected chi connectivity index (χ2v) is 7.27. The van der Waals surface area contributed by atoms with Crippen molar-refractivity contribution in [3.05, 3.63) is 48.2 Å². The molecule has 1 unspecified atom stereocenters. The van der Waals surface area contributed by atoms with E-state index in [4.69, 9.17) is 19.2 Å². The zero-order chi connectivity index (χ0) is 21.2. The number of benzene rings is 1. The average molecular weight is 413 g/mol. The smallest absolute Gasteiger partial charge is 0.219 e. The van der Waals surface area contributed by atoms with Gasteiger partial charge >= 0.3 is 0 Å². The number of guanidine groups is 1. The largest absolute Gasteiger partial charge is 0.490 e. The van der Waals surface area contributed by atoms with Crippen LogP contribution in [0.2, 0.25) is 0 Å². The maximum absolute atomic E-state index is 5.89. The molecular weight excluding hydrogens is 380 g/mol. The van der Waals surface area contributed by atoms with Gasteiger partial charge in [0.05, 0.1) is 19.8 Å². The molecule has 2 aromatic rings. The Morgan fingerprint density at radius 2 is 2.07 bits per heavy atom. The van der Waals surface area contributed by atoms with Gasteiger partial charge in [-0.3, -0.25) is 0 Å². The number of para-hydroxylation sites is 2. The fourth-order valence-electron chi connectivity index (χ4n) is 3.32. The molecule has 0 bridgehead atoms. The fraction of sp³-hybridized carbons (Fsp3) is 0.478. The summed E-state index contributed by atoms with van der Waals surface area (Å²) in [6, 6.07) is 11.4. The van der Waals surface area contributed by atoms with Gasteiger partial charge in [0.2, 0.25) is 5.88 Å². The molecule has 0 amide bonds. The third kappa shape index (κ3) is 6.35. The Labute approximate surface area is 179 Å². The highest BCUT2D eigenvalue weighted by Crippen LogP contribution is 2.30. The highest BCUT2D eigenvalue weighted by Gasteiger charge is 2.19. The molecule has 1 aromatic heterocycles. The molecule has 1 aromatic carbocycles. The standard InChI is InChI=1S/C23H32N4O3/c1-4-24-23(27(3)16-19-12-13-28-17-19)26-15-18-10-11-22(25-14-18)30-21-9-7-6-8-20(21)29-5-2/h6-11,14,19H,4-5,12-13,15-17H2,1-3H3,(H,24,26). The molecule has 0 radical (unpaired) electrons. The highest BCUT2D eigenvalue weighted by atomic mass is 16.5. The van der Waals surface area contributed by atoms with Gasteiger partial charge in [-0.2, -0.15) is 0 Å². The summed E-state index contributed by atoms with van der Waals surface area (Å²) >= 11 is 0. The Kier molecular flexibility index (Phi) is 8.32. The number of ether oxygens (including phenoxy) is 3. The molecule has 1 aliphatic heterocycles. The van der Waals surface area contributed by atoms with E-state index in [1.165, 1.54) is 0 Å². The van der Waals surface area contributed by atoms with Crippen LogP contribution in [0.3, 0.4) is 0 Å². The van der Waals surface area contributed by atoms with Crippen LogP contribution in [-0.2, 0) is 11.3 Å². The number of aliphatic imine (C=N–C) groups is 1. The lowest BCUT2D eigenvalue weighted by Gasteiger charge is -2.24. The van der Waals surface area contributed by atoms with Crippen molar-refractivity contribution in [1.29, 1.82) is 0 Å². The van der Waals surface area contributed by atoms with Crippen LogP contribution in [0.4, 0.5) is 0 Å². The first-order valence-corrected chi connectivity index (χ1v) is 10.6. The second-order valence-electron chi connectivity index (χ2n) is 7.27. The van der Waals surface area contributed by atoms with Gasteiger partial charge in [-0.05, 0) is 38.0 Å². The summed E-state index contributed by atoms with van der Waals surface area (Å²) < 4.78 is 17.0. The van der Waals surface area contributed by atoms with E-state index in [2.05, 4.69) is 29.2 Å². The Morgan fingerprint density at radius 3 is 2.73 bits per heavy atom. The number of rotatable bonds is 9. The molecule has 0 spiro atoms. The van der Waals surface area contributed by atoms with E-state index in [-0.39, 0.29) is 0 Å². The lowest BCUT2D eigenvalue weighted by atomic mass is 10.1. The van der Waals surface area contributed by atoms with Crippen molar-refractivity contribution >= 4 is 5.96 Å². The SMILES string of the molecule is CCNC(=NCc1ccc(Oc2ccccc2OCC)nc1)N(C)CC1CCOC1. The quantitative estimate of drug-likeness (QED) is 0.500. The van der Waals surface area contributed by atoms with Crippen molar-refractivity contribution in [2.75, 3.05) is 40.0 Å². The maximum Gasteiger partial charge on any atom is 0.219 e. The zero-order valence-corrected chi connectivity index (χ0v) is 18.1. The minimum atomic E-state index is 0.528. The summed E-state index contributed by atoms with van der Waals surface area (Å²) in [5.74, 6) is 3.36. The minimum absolute atomic E-state index is 0.528. The molecule has 1 fully saturated rings. The summed E-state index contributed by atoms with van der Waals surface area (Å²) in [7, 11) is 2.07. The van der Waals surface area contributed by atoms with Crippen LogP contribution in [0.25, 0.3) is 0 Å². The van der Waals surface area contributed by atoms with Crippen LogP contribution in [0.5, 0.6) is 17.4 Å². The Morgan fingerprint density at radius 1 is 1.23 bits per heavy atom. The van der Waals surface area contributed by atoms with Gasteiger partial charge in [-0.25, -0.2) is 9.98 Å². The van der Waals surface area contributed by atoms with Gasteiger partial charge in [-0.1, -0.05) is 18.2 Å². The van der Waals surface area contributed by atoms with Crippen molar-refractivity contribution in [1.82, 2.24) is 15.2 Å². The maximum atomic E-state index is 5.89. The Balaban J connectivity index is 1.60. The van der Waals surface area contributed by atoms with Crippen LogP contribution in [0, 0.1) is 5.92 Å². The Hall–Kier alpha value is -2.80. The van der Waals surface area contributed by atoms with E-state index in [0.29, 0.717) is 36.4 Å². The summed E-state index contributed by atoms with van der Waals surface area (Å²) in [6.45, 7) is 8.63. The van der Waals surface area contributed by atoms with E-state index in [0.717, 1.165) is 44.2 Å². The molecule has 7 heteroatoms. The van der Waals surface area contributed by atoms with Crippen LogP contribution in [-0.4, -0.2) is 55.8 Å². The van der Waals surface area contributed by atoms with Crippen LogP contribution in [0.15, 0.2) is 47.6 Å². The van der Waals surface area contributed by atoms with Gasteiger partial charge < -0.3 is 24.4 Å². The van der Waals surface area contributed by atoms with Crippen LogP contribution >= 0.6 is 0 Å². The molecule has 1 atom stereocenters. The van der Waals surface area contributed by atoms with Crippen molar-refractivity contribution in [3.8, 4) is 17.4 Å². The average Bonchev–Trinajstić information content (AvgIpc) is 3.27. The summed E-state index contributed by atoms with van der Waals surface area (Å²) in [5.41, 5.74) is 1.02. The first kappa shape index (κ1) is 21.9. The lowest BCUT2D eigenvalue weighted by Crippen LogP contribution is -2.41. The van der Waals surface area contributed by atoms with Crippen LogP contribution in [0.1, 0.15) is 25.8 Å². The molecule has 1 aliphatic rings. The fourth-order valence-corrected chi connectivity index (χ4v) is 3.32. The summed E-state index contributed by atoms with van der Waals surface area (Å²) in [5, 5.41) is 3.36.